The topological polar surface area (TPSA) is 112 Å². The van der Waals surface area contributed by atoms with E-state index >= 15 is 0 Å². The van der Waals surface area contributed by atoms with Gasteiger partial charge in [0.05, 0.1) is 5.92 Å². The molecule has 0 heterocycles. The van der Waals surface area contributed by atoms with E-state index in [4.69, 9.17) is 15.3 Å². The SMILES string of the molecule is Cl.O=C(O)C1CCCCC1(C(=O)O)C(=O)O. The van der Waals surface area contributed by atoms with Gasteiger partial charge in [0.25, 0.3) is 0 Å². The van der Waals surface area contributed by atoms with Crippen LogP contribution in [0.1, 0.15) is 25.7 Å². The summed E-state index contributed by atoms with van der Waals surface area (Å²) < 4.78 is 0. The van der Waals surface area contributed by atoms with E-state index in [1.165, 1.54) is 0 Å². The van der Waals surface area contributed by atoms with E-state index in [1.807, 2.05) is 0 Å². The van der Waals surface area contributed by atoms with Crippen LogP contribution in [-0.4, -0.2) is 33.2 Å². The first-order chi connectivity index (χ1) is 6.93. The van der Waals surface area contributed by atoms with Crippen molar-refractivity contribution in [2.24, 2.45) is 11.3 Å². The molecule has 0 aromatic heterocycles. The van der Waals surface area contributed by atoms with E-state index in [2.05, 4.69) is 0 Å². The molecule has 0 aliphatic heterocycles. The first-order valence-electron chi connectivity index (χ1n) is 4.62. The molecule has 0 aromatic carbocycles. The molecule has 6 nitrogen and oxygen atoms in total. The van der Waals surface area contributed by atoms with Crippen molar-refractivity contribution in [2.75, 3.05) is 0 Å². The maximum Gasteiger partial charge on any atom is 0.321 e. The summed E-state index contributed by atoms with van der Waals surface area (Å²) in [5.74, 6) is -5.79. The Bertz CT molecular complexity index is 299. The van der Waals surface area contributed by atoms with Crippen molar-refractivity contribution in [3.05, 3.63) is 0 Å². The van der Waals surface area contributed by atoms with Gasteiger partial charge in [-0.15, -0.1) is 12.4 Å². The molecule has 3 N–H and O–H groups in total. The van der Waals surface area contributed by atoms with Crippen molar-refractivity contribution in [3.8, 4) is 0 Å². The molecule has 92 valence electrons. The van der Waals surface area contributed by atoms with Gasteiger partial charge in [0.2, 0.25) is 0 Å². The Kier molecular flexibility index (Phi) is 4.74. The fourth-order valence-corrected chi connectivity index (χ4v) is 2.11. The summed E-state index contributed by atoms with van der Waals surface area (Å²) in [7, 11) is 0. The molecule has 0 aromatic rings. The maximum atomic E-state index is 11.0. The third-order valence-electron chi connectivity index (χ3n) is 2.97. The summed E-state index contributed by atoms with van der Waals surface area (Å²) in [6.07, 6.45) is 0.976. The summed E-state index contributed by atoms with van der Waals surface area (Å²) in [4.78, 5) is 32.8. The van der Waals surface area contributed by atoms with E-state index < -0.39 is 29.2 Å². The highest BCUT2D eigenvalue weighted by atomic mass is 35.5. The molecule has 0 radical (unpaired) electrons. The standard InChI is InChI=1S/C9H12O6.ClH/c10-6(11)5-3-1-2-4-9(5,7(12)13)8(14)15;/h5H,1-4H2,(H,10,11)(H,12,13)(H,14,15);1H. The molecule has 7 heteroatoms. The number of hydrogen-bond donors (Lipinski definition) is 3. The lowest BCUT2D eigenvalue weighted by Gasteiger charge is -2.34. The molecule has 1 fully saturated rings. The summed E-state index contributed by atoms with van der Waals surface area (Å²) in [5.41, 5.74) is -2.15. The van der Waals surface area contributed by atoms with E-state index in [0.29, 0.717) is 12.8 Å². The molecular formula is C9H13ClO6. The Morgan fingerprint density at radius 2 is 1.50 bits per heavy atom. The molecule has 0 amide bonds. The van der Waals surface area contributed by atoms with Crippen LogP contribution in [0.3, 0.4) is 0 Å². The summed E-state index contributed by atoms with van der Waals surface area (Å²) in [5, 5.41) is 26.7. The third-order valence-corrected chi connectivity index (χ3v) is 2.97. The van der Waals surface area contributed by atoms with Crippen LogP contribution in [0.5, 0.6) is 0 Å². The molecule has 1 atom stereocenters. The fourth-order valence-electron chi connectivity index (χ4n) is 2.11. The summed E-state index contributed by atoms with van der Waals surface area (Å²) >= 11 is 0. The van der Waals surface area contributed by atoms with Crippen LogP contribution in [0.15, 0.2) is 0 Å². The van der Waals surface area contributed by atoms with Gasteiger partial charge in [0.1, 0.15) is 0 Å². The highest BCUT2D eigenvalue weighted by molar-refractivity contribution is 6.02. The molecule has 0 spiro atoms. The fraction of sp³-hybridized carbons (Fsp3) is 0.667. The van der Waals surface area contributed by atoms with Gasteiger partial charge in [-0.1, -0.05) is 12.8 Å². The van der Waals surface area contributed by atoms with Crippen LogP contribution < -0.4 is 0 Å². The zero-order chi connectivity index (χ0) is 11.6. The maximum absolute atomic E-state index is 11.0. The second-order valence-corrected chi connectivity index (χ2v) is 3.72. The van der Waals surface area contributed by atoms with Crippen molar-refractivity contribution in [1.29, 1.82) is 0 Å². The van der Waals surface area contributed by atoms with Crippen molar-refractivity contribution in [2.45, 2.75) is 25.7 Å². The average molecular weight is 253 g/mol. The average Bonchev–Trinajstić information content (AvgIpc) is 2.16. The molecule has 1 unspecified atom stereocenters. The van der Waals surface area contributed by atoms with E-state index in [1.54, 1.807) is 0 Å². The largest absolute Gasteiger partial charge is 0.481 e. The predicted molar refractivity (Wildman–Crippen MR) is 54.5 cm³/mol. The Morgan fingerprint density at radius 3 is 1.81 bits per heavy atom. The molecule has 0 saturated heterocycles. The van der Waals surface area contributed by atoms with Gasteiger partial charge in [0, 0.05) is 0 Å². The van der Waals surface area contributed by atoms with Gasteiger partial charge in [0.15, 0.2) is 5.41 Å². The van der Waals surface area contributed by atoms with Gasteiger partial charge < -0.3 is 15.3 Å². The minimum absolute atomic E-state index is 0. The van der Waals surface area contributed by atoms with Crippen molar-refractivity contribution in [3.63, 3.8) is 0 Å². The Balaban J connectivity index is 0.00000225. The van der Waals surface area contributed by atoms with Gasteiger partial charge in [-0.25, -0.2) is 0 Å². The summed E-state index contributed by atoms with van der Waals surface area (Å²) in [6, 6.07) is 0. The monoisotopic (exact) mass is 252 g/mol. The molecule has 1 aliphatic rings. The second-order valence-electron chi connectivity index (χ2n) is 3.72. The van der Waals surface area contributed by atoms with Crippen LogP contribution in [0, 0.1) is 11.3 Å². The quantitative estimate of drug-likeness (QED) is 0.642. The first kappa shape index (κ1) is 14.7. The van der Waals surface area contributed by atoms with Gasteiger partial charge >= 0.3 is 17.9 Å². The third kappa shape index (κ3) is 2.11. The molecule has 0 bridgehead atoms. The van der Waals surface area contributed by atoms with Crippen molar-refractivity contribution >= 4 is 30.3 Å². The lowest BCUT2D eigenvalue weighted by Crippen LogP contribution is -2.50. The molecule has 1 aliphatic carbocycles. The first-order valence-corrected chi connectivity index (χ1v) is 4.62. The Hall–Kier alpha value is -1.30. The van der Waals surface area contributed by atoms with Crippen molar-refractivity contribution in [1.82, 2.24) is 0 Å². The smallest absolute Gasteiger partial charge is 0.321 e. The van der Waals surface area contributed by atoms with Gasteiger partial charge in [-0.2, -0.15) is 0 Å². The van der Waals surface area contributed by atoms with E-state index in [9.17, 15) is 14.4 Å². The van der Waals surface area contributed by atoms with Gasteiger partial charge in [-0.05, 0) is 12.8 Å². The number of aliphatic carboxylic acids is 3. The predicted octanol–water partition coefficient (Wildman–Crippen LogP) is 0.839. The summed E-state index contributed by atoms with van der Waals surface area (Å²) in [6.45, 7) is 0. The normalized spacial score (nSPS) is 22.9. The van der Waals surface area contributed by atoms with Crippen LogP contribution in [0.4, 0.5) is 0 Å². The van der Waals surface area contributed by atoms with Crippen LogP contribution in [0.25, 0.3) is 0 Å². The number of hydrogen-bond acceptors (Lipinski definition) is 3. The molecule has 1 rings (SSSR count). The number of halogens is 1. The zero-order valence-electron chi connectivity index (χ0n) is 8.38. The van der Waals surface area contributed by atoms with Crippen LogP contribution in [-0.2, 0) is 14.4 Å². The number of rotatable bonds is 3. The van der Waals surface area contributed by atoms with Crippen molar-refractivity contribution < 1.29 is 29.7 Å². The molecule has 16 heavy (non-hydrogen) atoms. The highest BCUT2D eigenvalue weighted by Crippen LogP contribution is 2.42. The highest BCUT2D eigenvalue weighted by Gasteiger charge is 2.56. The minimum atomic E-state index is -2.15. The molecule has 1 saturated carbocycles. The lowest BCUT2D eigenvalue weighted by atomic mass is 9.66. The Labute approximate surface area is 97.7 Å². The van der Waals surface area contributed by atoms with Gasteiger partial charge in [-0.3, -0.25) is 14.4 Å². The van der Waals surface area contributed by atoms with E-state index in [0.717, 1.165) is 0 Å². The minimum Gasteiger partial charge on any atom is -0.481 e. The molecular weight excluding hydrogens is 240 g/mol. The second kappa shape index (κ2) is 5.16. The number of carboxylic acids is 3. The van der Waals surface area contributed by atoms with Crippen LogP contribution in [0.2, 0.25) is 0 Å². The Morgan fingerprint density at radius 1 is 1.00 bits per heavy atom. The van der Waals surface area contributed by atoms with Crippen LogP contribution >= 0.6 is 12.4 Å². The van der Waals surface area contributed by atoms with E-state index in [-0.39, 0.29) is 25.2 Å². The number of carbonyl (C=O) groups is 3. The zero-order valence-corrected chi connectivity index (χ0v) is 9.20. The lowest BCUT2D eigenvalue weighted by molar-refractivity contribution is -0.179. The number of carboxylic acid groups (broad SMARTS) is 3.